The summed E-state index contributed by atoms with van der Waals surface area (Å²) in [6, 6.07) is 16.4. The molecule has 0 radical (unpaired) electrons. The van der Waals surface area contributed by atoms with Crippen LogP contribution in [0.15, 0.2) is 57.5 Å². The fraction of sp³-hybridized carbons (Fsp3) is 0.346. The Balaban J connectivity index is 2.22. The summed E-state index contributed by atoms with van der Waals surface area (Å²) in [4.78, 5) is 13.3. The monoisotopic (exact) mass is 648 g/mol. The van der Waals surface area contributed by atoms with Gasteiger partial charge in [-0.05, 0) is 83.1 Å². The number of hydrogen-bond acceptors (Lipinski definition) is 4. The van der Waals surface area contributed by atoms with Gasteiger partial charge in [0, 0.05) is 32.3 Å². The molecule has 37 heavy (non-hydrogen) atoms. The van der Waals surface area contributed by atoms with E-state index in [0.29, 0.717) is 28.1 Å². The van der Waals surface area contributed by atoms with E-state index in [0.717, 1.165) is 8.95 Å². The highest BCUT2D eigenvalue weighted by Gasteiger charge is 2.42. The Morgan fingerprint density at radius 2 is 1.59 bits per heavy atom. The van der Waals surface area contributed by atoms with Crippen LogP contribution in [0.1, 0.15) is 50.2 Å². The van der Waals surface area contributed by atoms with Crippen molar-refractivity contribution in [2.24, 2.45) is 0 Å². The molecule has 2 N–H and O–H groups in total. The van der Waals surface area contributed by atoms with Crippen LogP contribution >= 0.6 is 39.3 Å². The van der Waals surface area contributed by atoms with E-state index in [9.17, 15) is 10.1 Å². The standard InChI is InChI=1S/C26H31Br2N6O2P/c1-17(2)34(18(3)4)37(36,32-23-13-11-22(28)12-14-23)24-19(5)31-33(16-6-15-29)25(24)30-26(35)20-7-9-21(27)10-8-20/h7-14,17-18H,6,16H2,1-5H3,(H,30,35)(H,32,36)/t37-/m0/s1. The minimum atomic E-state index is -3.59. The quantitative estimate of drug-likeness (QED) is 0.231. The SMILES string of the molecule is Cc1nn(CCC#N)c(NC(=O)c2ccc(Br)cc2)c1[P@](=O)(Nc1ccc(Br)cc1)N(C(C)C)C(C)C. The molecule has 3 rings (SSSR count). The number of aromatic nitrogens is 2. The molecule has 0 spiro atoms. The van der Waals surface area contributed by atoms with Gasteiger partial charge in [-0.2, -0.15) is 10.4 Å². The third kappa shape index (κ3) is 6.71. The summed E-state index contributed by atoms with van der Waals surface area (Å²) >= 11 is 6.84. The van der Waals surface area contributed by atoms with Crippen LogP contribution in [-0.4, -0.2) is 32.4 Å². The first-order valence-corrected chi connectivity index (χ1v) is 15.2. The zero-order valence-electron chi connectivity index (χ0n) is 21.5. The summed E-state index contributed by atoms with van der Waals surface area (Å²) in [7, 11) is -3.59. The van der Waals surface area contributed by atoms with Crippen molar-refractivity contribution in [2.75, 3.05) is 10.4 Å². The van der Waals surface area contributed by atoms with Crippen molar-refractivity contribution in [3.8, 4) is 6.07 Å². The van der Waals surface area contributed by atoms with Crippen molar-refractivity contribution in [3.05, 3.63) is 68.7 Å². The molecule has 2 aromatic carbocycles. The number of nitrogens with zero attached hydrogens (tertiary/aromatic N) is 4. The van der Waals surface area contributed by atoms with Gasteiger partial charge in [0.2, 0.25) is 0 Å². The normalized spacial score (nSPS) is 13.0. The third-order valence-corrected chi connectivity index (χ3v) is 10.0. The predicted molar refractivity (Wildman–Crippen MR) is 156 cm³/mol. The van der Waals surface area contributed by atoms with Crippen LogP contribution in [0.4, 0.5) is 11.5 Å². The Bertz CT molecular complexity index is 1320. The van der Waals surface area contributed by atoms with Crippen LogP contribution in [0.25, 0.3) is 0 Å². The van der Waals surface area contributed by atoms with E-state index in [-0.39, 0.29) is 31.0 Å². The van der Waals surface area contributed by atoms with Gasteiger partial charge in [0.05, 0.1) is 24.7 Å². The van der Waals surface area contributed by atoms with Crippen LogP contribution in [0.3, 0.4) is 0 Å². The summed E-state index contributed by atoms with van der Waals surface area (Å²) in [5.41, 5.74) is 1.63. The van der Waals surface area contributed by atoms with E-state index in [4.69, 9.17) is 0 Å². The third-order valence-electron chi connectivity index (χ3n) is 5.68. The molecule has 1 atom stereocenters. The molecule has 0 aliphatic heterocycles. The van der Waals surface area contributed by atoms with Crippen LogP contribution in [0, 0.1) is 18.3 Å². The lowest BCUT2D eigenvalue weighted by Crippen LogP contribution is -2.41. The predicted octanol–water partition coefficient (Wildman–Crippen LogP) is 6.93. The van der Waals surface area contributed by atoms with E-state index < -0.39 is 7.44 Å². The van der Waals surface area contributed by atoms with Crippen molar-refractivity contribution >= 4 is 62.0 Å². The number of amides is 1. The minimum absolute atomic E-state index is 0.0920. The molecule has 196 valence electrons. The number of benzene rings is 2. The van der Waals surface area contributed by atoms with Crippen LogP contribution in [-0.2, 0) is 11.1 Å². The molecular formula is C26H31Br2N6O2P. The Morgan fingerprint density at radius 3 is 2.11 bits per heavy atom. The Kier molecular flexibility index (Phi) is 9.76. The fourth-order valence-electron chi connectivity index (χ4n) is 4.33. The van der Waals surface area contributed by atoms with Gasteiger partial charge in [0.25, 0.3) is 13.4 Å². The summed E-state index contributed by atoms with van der Waals surface area (Å²) in [6.07, 6.45) is 0.185. The first kappa shape index (κ1) is 29.1. The number of aryl methyl sites for hydroxylation is 2. The van der Waals surface area contributed by atoms with E-state index in [2.05, 4.69) is 53.4 Å². The first-order chi connectivity index (χ1) is 17.5. The summed E-state index contributed by atoms with van der Waals surface area (Å²) in [5, 5.41) is 20.6. The van der Waals surface area contributed by atoms with Crippen molar-refractivity contribution in [1.82, 2.24) is 14.5 Å². The second kappa shape index (κ2) is 12.4. The Hall–Kier alpha value is -2.44. The number of carbonyl (C=O) groups is 1. The van der Waals surface area contributed by atoms with Gasteiger partial charge in [-0.15, -0.1) is 0 Å². The number of hydrogen-bond donors (Lipinski definition) is 2. The largest absolute Gasteiger partial charge is 0.321 e. The number of nitriles is 1. The second-order valence-electron chi connectivity index (χ2n) is 9.14. The number of rotatable bonds is 10. The lowest BCUT2D eigenvalue weighted by Gasteiger charge is -2.38. The molecule has 0 aliphatic carbocycles. The highest BCUT2D eigenvalue weighted by molar-refractivity contribution is 9.10. The molecular weight excluding hydrogens is 619 g/mol. The lowest BCUT2D eigenvalue weighted by atomic mass is 10.2. The Morgan fingerprint density at radius 1 is 1.05 bits per heavy atom. The highest BCUT2D eigenvalue weighted by atomic mass is 79.9. The molecule has 3 aromatic rings. The number of halogens is 2. The van der Waals surface area contributed by atoms with Gasteiger partial charge in [-0.25, -0.2) is 9.35 Å². The van der Waals surface area contributed by atoms with Gasteiger partial charge >= 0.3 is 0 Å². The molecule has 0 saturated carbocycles. The molecule has 0 aliphatic rings. The first-order valence-electron chi connectivity index (χ1n) is 11.9. The van der Waals surface area contributed by atoms with Crippen molar-refractivity contribution in [3.63, 3.8) is 0 Å². The number of anilines is 2. The van der Waals surface area contributed by atoms with Crippen molar-refractivity contribution in [1.29, 1.82) is 5.26 Å². The van der Waals surface area contributed by atoms with E-state index in [1.807, 2.05) is 56.6 Å². The maximum atomic E-state index is 15.3. The fourth-order valence-corrected chi connectivity index (χ4v) is 8.06. The summed E-state index contributed by atoms with van der Waals surface area (Å²) in [6.45, 7) is 9.99. The molecule has 1 amide bonds. The van der Waals surface area contributed by atoms with Crippen molar-refractivity contribution < 1.29 is 9.36 Å². The average molecular weight is 650 g/mol. The summed E-state index contributed by atoms with van der Waals surface area (Å²) in [5.74, 6) is -0.0393. The van der Waals surface area contributed by atoms with E-state index in [1.165, 1.54) is 0 Å². The topological polar surface area (TPSA) is 103 Å². The zero-order valence-corrected chi connectivity index (χ0v) is 25.6. The molecule has 0 bridgehead atoms. The maximum Gasteiger partial charge on any atom is 0.272 e. The van der Waals surface area contributed by atoms with Gasteiger partial charge < -0.3 is 10.4 Å². The average Bonchev–Trinajstić information content (AvgIpc) is 3.14. The molecule has 1 aromatic heterocycles. The van der Waals surface area contributed by atoms with Crippen LogP contribution in [0.2, 0.25) is 0 Å². The smallest absolute Gasteiger partial charge is 0.272 e. The van der Waals surface area contributed by atoms with Gasteiger partial charge in [0.1, 0.15) is 11.1 Å². The highest BCUT2D eigenvalue weighted by Crippen LogP contribution is 2.53. The molecule has 8 nitrogen and oxygen atoms in total. The molecule has 11 heteroatoms. The van der Waals surface area contributed by atoms with Gasteiger partial charge in [0.15, 0.2) is 0 Å². The number of nitrogens with one attached hydrogen (secondary N) is 2. The number of carbonyl (C=O) groups excluding carboxylic acids is 1. The van der Waals surface area contributed by atoms with Gasteiger partial charge in [-0.1, -0.05) is 31.9 Å². The molecule has 0 unspecified atom stereocenters. The minimum Gasteiger partial charge on any atom is -0.321 e. The summed E-state index contributed by atoms with van der Waals surface area (Å²) < 4.78 is 20.5. The van der Waals surface area contributed by atoms with Gasteiger partial charge in [-0.3, -0.25) is 9.36 Å². The van der Waals surface area contributed by atoms with Crippen molar-refractivity contribution in [2.45, 2.75) is 59.7 Å². The Labute approximate surface area is 235 Å². The zero-order chi connectivity index (χ0) is 27.3. The maximum absolute atomic E-state index is 15.3. The van der Waals surface area contributed by atoms with E-state index in [1.54, 1.807) is 35.9 Å². The van der Waals surface area contributed by atoms with Crippen LogP contribution in [0.5, 0.6) is 0 Å². The van der Waals surface area contributed by atoms with Crippen LogP contribution < -0.4 is 15.7 Å². The molecule has 0 saturated heterocycles. The van der Waals surface area contributed by atoms with E-state index >= 15 is 4.57 Å². The lowest BCUT2D eigenvalue weighted by molar-refractivity contribution is 0.102. The second-order valence-corrected chi connectivity index (χ2v) is 13.3. The molecule has 1 heterocycles. The molecule has 0 fully saturated rings.